The fourth-order valence-corrected chi connectivity index (χ4v) is 1.52. The van der Waals surface area contributed by atoms with E-state index in [0.29, 0.717) is 12.3 Å². The number of aliphatic hydroxyl groups is 1. The van der Waals surface area contributed by atoms with Crippen LogP contribution in [0.4, 0.5) is 4.79 Å². The summed E-state index contributed by atoms with van der Waals surface area (Å²) in [7, 11) is 3.10. The van der Waals surface area contributed by atoms with Gasteiger partial charge in [0.15, 0.2) is 6.04 Å². The van der Waals surface area contributed by atoms with Gasteiger partial charge in [0.1, 0.15) is 5.75 Å². The Balaban J connectivity index is 2.58. The molecule has 0 spiro atoms. The van der Waals surface area contributed by atoms with Gasteiger partial charge in [-0.25, -0.2) is 9.59 Å². The largest absolute Gasteiger partial charge is 0.497 e. The summed E-state index contributed by atoms with van der Waals surface area (Å²) in [6.45, 7) is -0.342. The van der Waals surface area contributed by atoms with Gasteiger partial charge in [-0.15, -0.1) is 0 Å². The summed E-state index contributed by atoms with van der Waals surface area (Å²) in [4.78, 5) is 23.8. The minimum Gasteiger partial charge on any atom is -0.497 e. The Hall–Kier alpha value is -2.28. The molecule has 20 heavy (non-hydrogen) atoms. The summed E-state index contributed by atoms with van der Waals surface area (Å²) < 4.78 is 5.03. The van der Waals surface area contributed by atoms with E-state index in [9.17, 15) is 9.59 Å². The molecule has 0 aromatic heterocycles. The first kappa shape index (κ1) is 15.8. The van der Waals surface area contributed by atoms with Crippen molar-refractivity contribution in [1.82, 2.24) is 10.2 Å². The number of hydrogen-bond acceptors (Lipinski definition) is 4. The number of nitrogens with zero attached hydrogens (tertiary/aromatic N) is 1. The van der Waals surface area contributed by atoms with Crippen molar-refractivity contribution in [3.63, 3.8) is 0 Å². The average molecular weight is 282 g/mol. The van der Waals surface area contributed by atoms with Crippen LogP contribution in [0.5, 0.6) is 5.75 Å². The summed E-state index contributed by atoms with van der Waals surface area (Å²) >= 11 is 0. The van der Waals surface area contributed by atoms with Crippen LogP contribution in [-0.4, -0.2) is 53.9 Å². The van der Waals surface area contributed by atoms with Crippen LogP contribution in [0, 0.1) is 0 Å². The molecule has 110 valence electrons. The maximum absolute atomic E-state index is 11.8. The van der Waals surface area contributed by atoms with E-state index >= 15 is 0 Å². The summed E-state index contributed by atoms with van der Waals surface area (Å²) in [6.07, 6.45) is 0. The lowest BCUT2D eigenvalue weighted by Crippen LogP contribution is -2.48. The molecule has 0 aliphatic heterocycles. The zero-order valence-electron chi connectivity index (χ0n) is 11.4. The monoisotopic (exact) mass is 282 g/mol. The highest BCUT2D eigenvalue weighted by Crippen LogP contribution is 2.12. The van der Waals surface area contributed by atoms with Crippen molar-refractivity contribution in [2.24, 2.45) is 0 Å². The van der Waals surface area contributed by atoms with E-state index in [1.807, 2.05) is 12.1 Å². The van der Waals surface area contributed by atoms with E-state index in [2.05, 4.69) is 5.32 Å². The molecule has 2 amide bonds. The van der Waals surface area contributed by atoms with Crippen molar-refractivity contribution in [1.29, 1.82) is 0 Å². The van der Waals surface area contributed by atoms with Crippen LogP contribution in [0.3, 0.4) is 0 Å². The van der Waals surface area contributed by atoms with Crippen LogP contribution in [0.2, 0.25) is 0 Å². The van der Waals surface area contributed by atoms with Crippen molar-refractivity contribution in [3.05, 3.63) is 29.8 Å². The Bertz CT molecular complexity index is 460. The molecule has 1 aromatic rings. The molecule has 0 aliphatic rings. The Morgan fingerprint density at radius 1 is 1.35 bits per heavy atom. The molecule has 0 bridgehead atoms. The van der Waals surface area contributed by atoms with E-state index in [4.69, 9.17) is 14.9 Å². The first-order valence-corrected chi connectivity index (χ1v) is 5.96. The van der Waals surface area contributed by atoms with Crippen LogP contribution in [0.1, 0.15) is 5.56 Å². The van der Waals surface area contributed by atoms with Crippen LogP contribution in [0.25, 0.3) is 0 Å². The van der Waals surface area contributed by atoms with E-state index < -0.39 is 24.6 Å². The van der Waals surface area contributed by atoms with Gasteiger partial charge in [-0.1, -0.05) is 12.1 Å². The maximum Gasteiger partial charge on any atom is 0.328 e. The Labute approximate surface area is 116 Å². The lowest BCUT2D eigenvalue weighted by molar-refractivity contribution is -0.140. The van der Waals surface area contributed by atoms with Gasteiger partial charge in [0.2, 0.25) is 0 Å². The molecular weight excluding hydrogens is 264 g/mol. The van der Waals surface area contributed by atoms with Gasteiger partial charge in [-0.2, -0.15) is 0 Å². The van der Waals surface area contributed by atoms with Gasteiger partial charge in [-0.3, -0.25) is 0 Å². The van der Waals surface area contributed by atoms with E-state index in [1.165, 1.54) is 11.9 Å². The molecule has 1 rings (SSSR count). The molecule has 1 aromatic carbocycles. The quantitative estimate of drug-likeness (QED) is 0.696. The van der Waals surface area contributed by atoms with Crippen LogP contribution < -0.4 is 10.1 Å². The fraction of sp³-hybridized carbons (Fsp3) is 0.385. The van der Waals surface area contributed by atoms with Crippen molar-refractivity contribution < 1.29 is 24.5 Å². The van der Waals surface area contributed by atoms with Gasteiger partial charge in [-0.05, 0) is 17.7 Å². The molecule has 1 atom stereocenters. The number of aliphatic carboxylic acids is 1. The topological polar surface area (TPSA) is 99.1 Å². The number of ether oxygens (including phenoxy) is 1. The number of carbonyl (C=O) groups is 2. The number of amides is 2. The zero-order chi connectivity index (χ0) is 15.1. The number of benzene rings is 1. The minimum absolute atomic E-state index is 0.313. The summed E-state index contributed by atoms with van der Waals surface area (Å²) in [5.74, 6) is -0.564. The third kappa shape index (κ3) is 4.43. The fourth-order valence-electron chi connectivity index (χ4n) is 1.52. The molecule has 7 nitrogen and oxygen atoms in total. The molecule has 0 aliphatic carbocycles. The number of carbonyl (C=O) groups excluding carboxylic acids is 1. The molecule has 3 N–H and O–H groups in total. The lowest BCUT2D eigenvalue weighted by Gasteiger charge is -2.20. The standard InChI is InChI=1S/C13H18N2O5/c1-15(13(19)14-11(8-16)12(17)18)7-9-3-5-10(20-2)6-4-9/h3-6,11,16H,7-8H2,1-2H3,(H,14,19)(H,17,18)/t11-/m0/s1. The van der Waals surface area contributed by atoms with Crippen molar-refractivity contribution in [2.75, 3.05) is 20.8 Å². The lowest BCUT2D eigenvalue weighted by atomic mass is 10.2. The van der Waals surface area contributed by atoms with Gasteiger partial charge in [0.05, 0.1) is 13.7 Å². The third-order valence-electron chi connectivity index (χ3n) is 2.70. The summed E-state index contributed by atoms with van der Waals surface area (Å²) in [6, 6.07) is 5.29. The Morgan fingerprint density at radius 2 is 1.95 bits per heavy atom. The number of urea groups is 1. The number of hydrogen-bond donors (Lipinski definition) is 3. The van der Waals surface area contributed by atoms with Gasteiger partial charge < -0.3 is 25.2 Å². The van der Waals surface area contributed by atoms with E-state index in [0.717, 1.165) is 5.56 Å². The van der Waals surface area contributed by atoms with Gasteiger partial charge in [0.25, 0.3) is 0 Å². The molecule has 0 fully saturated rings. The normalized spacial score (nSPS) is 11.6. The molecule has 0 unspecified atom stereocenters. The number of rotatable bonds is 6. The number of methoxy groups -OCH3 is 1. The third-order valence-corrected chi connectivity index (χ3v) is 2.70. The van der Waals surface area contributed by atoms with E-state index in [1.54, 1.807) is 19.2 Å². The second-order valence-corrected chi connectivity index (χ2v) is 4.23. The number of carboxylic acid groups (broad SMARTS) is 1. The van der Waals surface area contributed by atoms with Crippen LogP contribution in [-0.2, 0) is 11.3 Å². The number of nitrogens with one attached hydrogen (secondary N) is 1. The van der Waals surface area contributed by atoms with Crippen molar-refractivity contribution in [3.8, 4) is 5.75 Å². The average Bonchev–Trinajstić information content (AvgIpc) is 2.44. The van der Waals surface area contributed by atoms with Gasteiger partial charge in [0, 0.05) is 13.6 Å². The number of carboxylic acids is 1. The van der Waals surface area contributed by atoms with Crippen LogP contribution >= 0.6 is 0 Å². The molecule has 0 heterocycles. The molecule has 0 saturated carbocycles. The van der Waals surface area contributed by atoms with Crippen molar-refractivity contribution >= 4 is 12.0 Å². The minimum atomic E-state index is -1.30. The highest BCUT2D eigenvalue weighted by atomic mass is 16.5. The van der Waals surface area contributed by atoms with Crippen molar-refractivity contribution in [2.45, 2.75) is 12.6 Å². The molecular formula is C13H18N2O5. The first-order chi connectivity index (χ1) is 9.47. The van der Waals surface area contributed by atoms with E-state index in [-0.39, 0.29) is 0 Å². The summed E-state index contributed by atoms with van der Waals surface area (Å²) in [5.41, 5.74) is 0.874. The predicted octanol–water partition coefficient (Wildman–Crippen LogP) is 0.282. The molecule has 0 saturated heterocycles. The SMILES string of the molecule is COc1ccc(CN(C)C(=O)N[C@@H](CO)C(=O)O)cc1. The Kier molecular flexibility index (Phi) is 5.79. The first-order valence-electron chi connectivity index (χ1n) is 5.96. The predicted molar refractivity (Wildman–Crippen MR) is 71.5 cm³/mol. The molecule has 0 radical (unpaired) electrons. The maximum atomic E-state index is 11.8. The van der Waals surface area contributed by atoms with Crippen LogP contribution in [0.15, 0.2) is 24.3 Å². The highest BCUT2D eigenvalue weighted by Gasteiger charge is 2.20. The molecule has 7 heteroatoms. The van der Waals surface area contributed by atoms with Gasteiger partial charge >= 0.3 is 12.0 Å². The second-order valence-electron chi connectivity index (χ2n) is 4.23. The highest BCUT2D eigenvalue weighted by molar-refractivity contribution is 5.82. The smallest absolute Gasteiger partial charge is 0.328 e. The second kappa shape index (κ2) is 7.34. The zero-order valence-corrected chi connectivity index (χ0v) is 11.4. The Morgan fingerprint density at radius 3 is 2.40 bits per heavy atom. The number of aliphatic hydroxyl groups excluding tert-OH is 1. The summed E-state index contributed by atoms with van der Waals surface area (Å²) in [5, 5.41) is 19.8.